The van der Waals surface area contributed by atoms with Crippen molar-refractivity contribution in [2.75, 3.05) is 12.4 Å². The number of para-hydroxylation sites is 1. The van der Waals surface area contributed by atoms with E-state index < -0.39 is 0 Å². The molecule has 1 aromatic carbocycles. The highest BCUT2D eigenvalue weighted by Gasteiger charge is 2.12. The molecule has 2 heterocycles. The number of ether oxygens (including phenoxy) is 1. The van der Waals surface area contributed by atoms with Crippen molar-refractivity contribution in [3.63, 3.8) is 0 Å². The van der Waals surface area contributed by atoms with Gasteiger partial charge in [0.05, 0.1) is 6.61 Å². The molecule has 0 aliphatic rings. The summed E-state index contributed by atoms with van der Waals surface area (Å²) >= 11 is 9.64. The molecule has 0 bridgehead atoms. The van der Waals surface area contributed by atoms with Gasteiger partial charge in [0.25, 0.3) is 0 Å². The first-order valence-corrected chi connectivity index (χ1v) is 10.1. The van der Waals surface area contributed by atoms with E-state index in [0.29, 0.717) is 17.7 Å². The lowest BCUT2D eigenvalue weighted by Gasteiger charge is -2.05. The van der Waals surface area contributed by atoms with Crippen LogP contribution in [0.3, 0.4) is 0 Å². The van der Waals surface area contributed by atoms with Gasteiger partial charge >= 0.3 is 0 Å². The summed E-state index contributed by atoms with van der Waals surface area (Å²) < 4.78 is 5.69. The predicted octanol–water partition coefficient (Wildman–Crippen LogP) is 6.03. The Morgan fingerprint density at radius 3 is 2.75 bits per heavy atom. The van der Waals surface area contributed by atoms with Crippen molar-refractivity contribution >= 4 is 44.9 Å². The number of hydrogen-bond donors (Lipinski definition) is 0. The Bertz CT molecular complexity index is 805. The van der Waals surface area contributed by atoms with Gasteiger partial charge in [-0.25, -0.2) is 9.97 Å². The van der Waals surface area contributed by atoms with E-state index in [1.807, 2.05) is 30.3 Å². The van der Waals surface area contributed by atoms with Crippen LogP contribution in [-0.2, 0) is 0 Å². The van der Waals surface area contributed by atoms with Crippen molar-refractivity contribution in [3.05, 3.63) is 46.4 Å². The van der Waals surface area contributed by atoms with E-state index in [1.165, 1.54) is 4.88 Å². The second-order valence-corrected chi connectivity index (χ2v) is 8.17. The molecule has 0 N–H and O–H groups in total. The summed E-state index contributed by atoms with van der Waals surface area (Å²) in [6.45, 7) is 5.03. The van der Waals surface area contributed by atoms with E-state index >= 15 is 0 Å². The average Bonchev–Trinajstić information content (AvgIpc) is 3.01. The van der Waals surface area contributed by atoms with Gasteiger partial charge in [-0.1, -0.05) is 55.4 Å². The van der Waals surface area contributed by atoms with Gasteiger partial charge in [0, 0.05) is 16.0 Å². The Kier molecular flexibility index (Phi) is 5.98. The topological polar surface area (TPSA) is 35.0 Å². The number of hydrogen-bond acceptors (Lipinski definition) is 5. The highest BCUT2D eigenvalue weighted by Crippen LogP contribution is 2.34. The summed E-state index contributed by atoms with van der Waals surface area (Å²) in [7, 11) is 0. The van der Waals surface area contributed by atoms with Gasteiger partial charge in [-0.3, -0.25) is 0 Å². The van der Waals surface area contributed by atoms with Crippen molar-refractivity contribution in [1.29, 1.82) is 0 Å². The maximum Gasteiger partial charge on any atom is 0.190 e. The maximum atomic E-state index is 6.32. The van der Waals surface area contributed by atoms with Gasteiger partial charge < -0.3 is 4.74 Å². The Labute approximate surface area is 155 Å². The minimum atomic E-state index is 0.478. The zero-order valence-corrected chi connectivity index (χ0v) is 16.0. The van der Waals surface area contributed by atoms with Gasteiger partial charge in [0.15, 0.2) is 5.16 Å². The van der Waals surface area contributed by atoms with Crippen molar-refractivity contribution in [3.8, 4) is 5.75 Å². The van der Waals surface area contributed by atoms with Crippen LogP contribution in [0.15, 0.2) is 41.6 Å². The molecule has 0 radical (unpaired) electrons. The molecular formula is C18H19ClN2OS2. The molecule has 0 aliphatic carbocycles. The minimum absolute atomic E-state index is 0.478. The fraction of sp³-hybridized carbons (Fsp3) is 0.333. The molecule has 3 nitrogen and oxygen atoms in total. The second-order valence-electron chi connectivity index (χ2n) is 5.68. The van der Waals surface area contributed by atoms with Gasteiger partial charge in [0.2, 0.25) is 0 Å². The molecule has 0 saturated carbocycles. The predicted molar refractivity (Wildman–Crippen MR) is 104 cm³/mol. The zero-order chi connectivity index (χ0) is 16.9. The Morgan fingerprint density at radius 2 is 2.00 bits per heavy atom. The smallest absolute Gasteiger partial charge is 0.190 e. The van der Waals surface area contributed by atoms with E-state index in [-0.39, 0.29) is 0 Å². The van der Waals surface area contributed by atoms with Gasteiger partial charge in [-0.15, -0.1) is 11.3 Å². The third-order valence-electron chi connectivity index (χ3n) is 3.45. The number of aromatic nitrogens is 2. The molecule has 0 saturated heterocycles. The number of rotatable bonds is 7. The SMILES string of the molecule is CC(C)c1cc2c(Cl)nc(SCCCOc3ccccc3)nc2s1. The highest BCUT2D eigenvalue weighted by atomic mass is 35.5. The van der Waals surface area contributed by atoms with Crippen LogP contribution in [0.4, 0.5) is 0 Å². The largest absolute Gasteiger partial charge is 0.494 e. The molecule has 6 heteroatoms. The Morgan fingerprint density at radius 1 is 1.21 bits per heavy atom. The number of nitrogens with zero attached hydrogens (tertiary/aromatic N) is 2. The van der Waals surface area contributed by atoms with Crippen LogP contribution >= 0.6 is 34.7 Å². The zero-order valence-electron chi connectivity index (χ0n) is 13.7. The van der Waals surface area contributed by atoms with E-state index in [9.17, 15) is 0 Å². The average molecular weight is 379 g/mol. The van der Waals surface area contributed by atoms with Crippen molar-refractivity contribution in [1.82, 2.24) is 9.97 Å². The second kappa shape index (κ2) is 8.19. The molecule has 24 heavy (non-hydrogen) atoms. The number of fused-ring (bicyclic) bond motifs is 1. The molecule has 3 aromatic rings. The van der Waals surface area contributed by atoms with Crippen LogP contribution in [0, 0.1) is 0 Å². The van der Waals surface area contributed by atoms with Crippen LogP contribution in [0.2, 0.25) is 5.15 Å². The summed E-state index contributed by atoms with van der Waals surface area (Å²) in [5.74, 6) is 2.28. The number of halogens is 1. The van der Waals surface area contributed by atoms with E-state index in [1.54, 1.807) is 23.1 Å². The van der Waals surface area contributed by atoms with Gasteiger partial charge in [-0.05, 0) is 30.5 Å². The number of thiophene rings is 1. The maximum absolute atomic E-state index is 6.32. The summed E-state index contributed by atoms with van der Waals surface area (Å²) in [6, 6.07) is 12.0. The Hall–Kier alpha value is -1.30. The Balaban J connectivity index is 1.55. The van der Waals surface area contributed by atoms with Crippen molar-refractivity contribution in [2.45, 2.75) is 31.3 Å². The molecule has 3 rings (SSSR count). The molecular weight excluding hydrogens is 360 g/mol. The summed E-state index contributed by atoms with van der Waals surface area (Å²) in [5, 5.41) is 2.25. The molecule has 0 spiro atoms. The van der Waals surface area contributed by atoms with E-state index in [4.69, 9.17) is 16.3 Å². The lowest BCUT2D eigenvalue weighted by Crippen LogP contribution is -1.99. The van der Waals surface area contributed by atoms with Gasteiger partial charge in [-0.2, -0.15) is 0 Å². The molecule has 0 fully saturated rings. The monoisotopic (exact) mass is 378 g/mol. The lowest BCUT2D eigenvalue weighted by atomic mass is 10.2. The fourth-order valence-electron chi connectivity index (χ4n) is 2.17. The first kappa shape index (κ1) is 17.5. The lowest BCUT2D eigenvalue weighted by molar-refractivity contribution is 0.318. The van der Waals surface area contributed by atoms with Crippen LogP contribution in [0.5, 0.6) is 5.75 Å². The molecule has 0 amide bonds. The first-order chi connectivity index (χ1) is 11.6. The standard InChI is InChI=1S/C18H19ClN2OS2/c1-12(2)15-11-14-16(19)20-18(21-17(14)24-15)23-10-6-9-22-13-7-4-3-5-8-13/h3-5,7-8,11-12H,6,9-10H2,1-2H3. The van der Waals surface area contributed by atoms with Crippen LogP contribution in [-0.4, -0.2) is 22.3 Å². The molecule has 2 aromatic heterocycles. The fourth-order valence-corrected chi connectivity index (χ4v) is 4.34. The molecule has 0 unspecified atom stereocenters. The third kappa shape index (κ3) is 4.41. The van der Waals surface area contributed by atoms with E-state index in [2.05, 4.69) is 29.9 Å². The molecule has 126 valence electrons. The molecule has 0 atom stereocenters. The summed E-state index contributed by atoms with van der Waals surface area (Å²) in [4.78, 5) is 11.3. The minimum Gasteiger partial charge on any atom is -0.494 e. The normalized spacial score (nSPS) is 11.3. The first-order valence-electron chi connectivity index (χ1n) is 7.91. The quantitative estimate of drug-likeness (QED) is 0.217. The summed E-state index contributed by atoms with van der Waals surface area (Å²) in [5.41, 5.74) is 0. The number of benzene rings is 1. The van der Waals surface area contributed by atoms with Crippen LogP contribution < -0.4 is 4.74 Å². The molecule has 0 aliphatic heterocycles. The van der Waals surface area contributed by atoms with Crippen molar-refractivity contribution < 1.29 is 4.74 Å². The number of thioether (sulfide) groups is 1. The van der Waals surface area contributed by atoms with Gasteiger partial charge in [0.1, 0.15) is 15.7 Å². The van der Waals surface area contributed by atoms with Crippen LogP contribution in [0.1, 0.15) is 31.1 Å². The van der Waals surface area contributed by atoms with E-state index in [0.717, 1.165) is 33.3 Å². The third-order valence-corrected chi connectivity index (χ3v) is 6.00. The van der Waals surface area contributed by atoms with Crippen molar-refractivity contribution in [2.24, 2.45) is 0 Å². The summed E-state index contributed by atoms with van der Waals surface area (Å²) in [6.07, 6.45) is 0.931. The highest BCUT2D eigenvalue weighted by molar-refractivity contribution is 7.99. The van der Waals surface area contributed by atoms with Crippen LogP contribution in [0.25, 0.3) is 10.2 Å².